The normalized spacial score (nSPS) is 12.1. The van der Waals surface area contributed by atoms with E-state index >= 15 is 0 Å². The lowest BCUT2D eigenvalue weighted by Gasteiger charge is -2.12. The quantitative estimate of drug-likeness (QED) is 0.826. The number of carbonyl (C=O) groups is 1. The second kappa shape index (κ2) is 4.71. The Hall–Kier alpha value is -2.27. The summed E-state index contributed by atoms with van der Waals surface area (Å²) in [6.45, 7) is 0. The number of aromatic nitrogens is 2. The third-order valence-corrected chi connectivity index (χ3v) is 2.43. The van der Waals surface area contributed by atoms with Gasteiger partial charge in [0.15, 0.2) is 0 Å². The molecule has 1 aromatic carbocycles. The fourth-order valence-corrected chi connectivity index (χ4v) is 1.60. The van der Waals surface area contributed by atoms with E-state index in [1.807, 2.05) is 6.07 Å². The summed E-state index contributed by atoms with van der Waals surface area (Å²) in [7, 11) is 0. The van der Waals surface area contributed by atoms with Gasteiger partial charge >= 0.3 is 5.97 Å². The molecule has 0 aliphatic rings. The van der Waals surface area contributed by atoms with Gasteiger partial charge in [0.1, 0.15) is 12.4 Å². The first-order valence-corrected chi connectivity index (χ1v) is 5.03. The third kappa shape index (κ3) is 2.29. The summed E-state index contributed by atoms with van der Waals surface area (Å²) in [5.74, 6) is -1.06. The molecule has 0 saturated carbocycles. The third-order valence-electron chi connectivity index (χ3n) is 2.43. The molecule has 0 amide bonds. The van der Waals surface area contributed by atoms with E-state index < -0.39 is 12.0 Å². The smallest absolute Gasteiger partial charge is 0.325 e. The van der Waals surface area contributed by atoms with Crippen molar-refractivity contribution in [2.75, 3.05) is 0 Å². The van der Waals surface area contributed by atoms with E-state index in [0.29, 0.717) is 5.56 Å². The molecule has 2 aromatic rings. The molecule has 0 aliphatic heterocycles. The molecule has 0 bridgehead atoms. The maximum Gasteiger partial charge on any atom is 0.325 e. The van der Waals surface area contributed by atoms with Gasteiger partial charge in [-0.05, 0) is 11.1 Å². The van der Waals surface area contributed by atoms with Crippen LogP contribution in [0.25, 0.3) is 11.1 Å². The minimum atomic E-state index is -1.06. The summed E-state index contributed by atoms with van der Waals surface area (Å²) in [5, 5.41) is 8.95. The Kier molecular flexibility index (Phi) is 3.11. The van der Waals surface area contributed by atoms with E-state index in [9.17, 15) is 4.79 Å². The van der Waals surface area contributed by atoms with Gasteiger partial charge in [-0.2, -0.15) is 0 Å². The number of hydrogen-bond acceptors (Lipinski definition) is 4. The predicted molar refractivity (Wildman–Crippen MR) is 62.0 cm³/mol. The molecule has 5 nitrogen and oxygen atoms in total. The van der Waals surface area contributed by atoms with E-state index in [2.05, 4.69) is 9.97 Å². The fraction of sp³-hybridized carbons (Fsp3) is 0.0833. The van der Waals surface area contributed by atoms with Crippen molar-refractivity contribution in [3.63, 3.8) is 0 Å². The van der Waals surface area contributed by atoms with Crippen LogP contribution in [-0.2, 0) is 4.79 Å². The highest BCUT2D eigenvalue weighted by atomic mass is 16.4. The Morgan fingerprint density at radius 1 is 1.24 bits per heavy atom. The zero-order chi connectivity index (χ0) is 12.3. The van der Waals surface area contributed by atoms with Gasteiger partial charge in [-0.3, -0.25) is 4.79 Å². The number of nitrogens with zero attached hydrogens (tertiary/aromatic N) is 2. The number of benzene rings is 1. The number of rotatable bonds is 3. The van der Waals surface area contributed by atoms with Crippen LogP contribution in [0.15, 0.2) is 43.0 Å². The highest BCUT2D eigenvalue weighted by Gasteiger charge is 2.18. The fourth-order valence-electron chi connectivity index (χ4n) is 1.60. The standard InChI is InChI=1S/C12H11N3O2/c13-11(12(16)17)10-4-2-1-3-9(10)8-5-14-7-15-6-8/h1-7,11H,13H2,(H,16,17)/t11-/m0/s1. The van der Waals surface area contributed by atoms with Crippen LogP contribution in [0.1, 0.15) is 11.6 Å². The van der Waals surface area contributed by atoms with Gasteiger partial charge in [0.2, 0.25) is 0 Å². The van der Waals surface area contributed by atoms with Gasteiger partial charge < -0.3 is 10.8 Å². The Morgan fingerprint density at radius 3 is 2.53 bits per heavy atom. The maximum atomic E-state index is 10.9. The number of carboxylic acids is 1. The summed E-state index contributed by atoms with van der Waals surface area (Å²) >= 11 is 0. The molecule has 0 spiro atoms. The van der Waals surface area contributed by atoms with Gasteiger partial charge in [-0.15, -0.1) is 0 Å². The van der Waals surface area contributed by atoms with E-state index in [0.717, 1.165) is 11.1 Å². The van der Waals surface area contributed by atoms with Crippen LogP contribution in [0.4, 0.5) is 0 Å². The topological polar surface area (TPSA) is 89.1 Å². The largest absolute Gasteiger partial charge is 0.480 e. The summed E-state index contributed by atoms with van der Waals surface area (Å²) < 4.78 is 0. The molecule has 0 aliphatic carbocycles. The van der Waals surface area contributed by atoms with Crippen molar-refractivity contribution >= 4 is 5.97 Å². The number of nitrogens with two attached hydrogens (primary N) is 1. The van der Waals surface area contributed by atoms with Crippen LogP contribution >= 0.6 is 0 Å². The van der Waals surface area contributed by atoms with E-state index in [1.165, 1.54) is 6.33 Å². The first-order chi connectivity index (χ1) is 8.20. The maximum absolute atomic E-state index is 10.9. The minimum absolute atomic E-state index is 0.551. The van der Waals surface area contributed by atoms with Crippen molar-refractivity contribution in [3.8, 4) is 11.1 Å². The monoisotopic (exact) mass is 229 g/mol. The molecule has 2 rings (SSSR count). The molecule has 5 heteroatoms. The molecule has 0 radical (unpaired) electrons. The van der Waals surface area contributed by atoms with E-state index in [-0.39, 0.29) is 0 Å². The molecule has 17 heavy (non-hydrogen) atoms. The molecule has 0 unspecified atom stereocenters. The zero-order valence-electron chi connectivity index (χ0n) is 8.95. The van der Waals surface area contributed by atoms with Crippen LogP contribution in [0.2, 0.25) is 0 Å². The summed E-state index contributed by atoms with van der Waals surface area (Å²) in [6.07, 6.45) is 4.67. The second-order valence-corrected chi connectivity index (χ2v) is 3.53. The number of carboxylic acid groups (broad SMARTS) is 1. The van der Waals surface area contributed by atoms with Crippen LogP contribution in [0.3, 0.4) is 0 Å². The second-order valence-electron chi connectivity index (χ2n) is 3.53. The van der Waals surface area contributed by atoms with Crippen molar-refractivity contribution < 1.29 is 9.90 Å². The Bertz CT molecular complexity index is 528. The van der Waals surface area contributed by atoms with Crippen molar-refractivity contribution in [2.24, 2.45) is 5.73 Å². The molecule has 1 heterocycles. The van der Waals surface area contributed by atoms with Crippen LogP contribution in [0.5, 0.6) is 0 Å². The number of aliphatic carboxylic acids is 1. The van der Waals surface area contributed by atoms with Gasteiger partial charge in [-0.25, -0.2) is 9.97 Å². The average molecular weight is 229 g/mol. The molecule has 1 aromatic heterocycles. The molecule has 3 N–H and O–H groups in total. The SMILES string of the molecule is N[C@H](C(=O)O)c1ccccc1-c1cncnc1. The average Bonchev–Trinajstić information content (AvgIpc) is 2.39. The van der Waals surface area contributed by atoms with Crippen LogP contribution in [-0.4, -0.2) is 21.0 Å². The van der Waals surface area contributed by atoms with Crippen molar-refractivity contribution in [3.05, 3.63) is 48.5 Å². The van der Waals surface area contributed by atoms with Gasteiger partial charge in [0, 0.05) is 18.0 Å². The Labute approximate surface area is 98.0 Å². The number of hydrogen-bond donors (Lipinski definition) is 2. The van der Waals surface area contributed by atoms with Gasteiger partial charge in [0.25, 0.3) is 0 Å². The van der Waals surface area contributed by atoms with Crippen molar-refractivity contribution in [1.29, 1.82) is 0 Å². The molecule has 86 valence electrons. The van der Waals surface area contributed by atoms with Crippen LogP contribution in [0, 0.1) is 0 Å². The summed E-state index contributed by atoms with van der Waals surface area (Å²) in [6, 6.07) is 6.02. The first-order valence-electron chi connectivity index (χ1n) is 5.03. The minimum Gasteiger partial charge on any atom is -0.480 e. The van der Waals surface area contributed by atoms with Gasteiger partial charge in [-0.1, -0.05) is 24.3 Å². The lowest BCUT2D eigenvalue weighted by molar-refractivity contribution is -0.138. The molecular weight excluding hydrogens is 218 g/mol. The van der Waals surface area contributed by atoms with Crippen LogP contribution < -0.4 is 5.73 Å². The van der Waals surface area contributed by atoms with E-state index in [1.54, 1.807) is 30.6 Å². The lowest BCUT2D eigenvalue weighted by atomic mass is 9.97. The zero-order valence-corrected chi connectivity index (χ0v) is 8.95. The first kappa shape index (κ1) is 11.2. The Balaban J connectivity index is 2.52. The molecule has 1 atom stereocenters. The van der Waals surface area contributed by atoms with Crippen molar-refractivity contribution in [1.82, 2.24) is 9.97 Å². The molecule has 0 saturated heterocycles. The van der Waals surface area contributed by atoms with Crippen molar-refractivity contribution in [2.45, 2.75) is 6.04 Å². The summed E-state index contributed by atoms with van der Waals surface area (Å²) in [4.78, 5) is 18.7. The molecule has 0 fully saturated rings. The predicted octanol–water partition coefficient (Wildman–Crippen LogP) is 1.23. The lowest BCUT2D eigenvalue weighted by Crippen LogP contribution is -2.21. The summed E-state index contributed by atoms with van der Waals surface area (Å²) in [5.41, 5.74) is 7.68. The Morgan fingerprint density at radius 2 is 1.88 bits per heavy atom. The highest BCUT2D eigenvalue weighted by Crippen LogP contribution is 2.26. The highest BCUT2D eigenvalue weighted by molar-refractivity contribution is 5.80. The van der Waals surface area contributed by atoms with Gasteiger partial charge in [0.05, 0.1) is 0 Å². The molecular formula is C12H11N3O2. The van der Waals surface area contributed by atoms with E-state index in [4.69, 9.17) is 10.8 Å².